The molecule has 7 nitrogen and oxygen atoms in total. The Morgan fingerprint density at radius 1 is 1.15 bits per heavy atom. The van der Waals surface area contributed by atoms with Gasteiger partial charge < -0.3 is 14.6 Å². The molecule has 1 aromatic carbocycles. The summed E-state index contributed by atoms with van der Waals surface area (Å²) in [6, 6.07) is 7.52. The Hall–Kier alpha value is -2.67. The van der Waals surface area contributed by atoms with Gasteiger partial charge in [-0.3, -0.25) is 14.5 Å². The van der Waals surface area contributed by atoms with E-state index in [-0.39, 0.29) is 24.0 Å². The van der Waals surface area contributed by atoms with Crippen molar-refractivity contribution in [3.8, 4) is 5.69 Å². The number of nitrogens with zero attached hydrogens (tertiary/aromatic N) is 3. The number of esters is 1. The molecule has 136 valence electrons. The van der Waals surface area contributed by atoms with Crippen LogP contribution in [0.3, 0.4) is 0 Å². The first-order chi connectivity index (χ1) is 12.7. The van der Waals surface area contributed by atoms with Crippen molar-refractivity contribution in [2.75, 3.05) is 19.7 Å². The van der Waals surface area contributed by atoms with Crippen molar-refractivity contribution in [2.45, 2.75) is 31.3 Å². The highest BCUT2D eigenvalue weighted by atomic mass is 16.5. The number of nitrogens with one attached hydrogen (secondary N) is 1. The lowest BCUT2D eigenvalue weighted by molar-refractivity contribution is -0.142. The number of likely N-dealkylation sites (tertiary alicyclic amines) is 1. The lowest BCUT2D eigenvalue weighted by Gasteiger charge is -2.34. The maximum atomic E-state index is 12.5. The van der Waals surface area contributed by atoms with Crippen LogP contribution in [-0.4, -0.2) is 58.1 Å². The zero-order valence-corrected chi connectivity index (χ0v) is 14.5. The Kier molecular flexibility index (Phi) is 4.71. The first-order valence-corrected chi connectivity index (χ1v) is 9.00. The molecular formula is C19H22N4O3. The van der Waals surface area contributed by atoms with Crippen LogP contribution in [0.25, 0.3) is 5.69 Å². The molecule has 2 aliphatic heterocycles. The molecule has 2 aliphatic rings. The van der Waals surface area contributed by atoms with Gasteiger partial charge in [-0.15, -0.1) is 0 Å². The fraction of sp³-hybridized carbons (Fsp3) is 0.421. The number of carbonyl (C=O) groups excluding carboxylic acids is 2. The second-order valence-corrected chi connectivity index (χ2v) is 6.77. The number of hydrogen-bond donors (Lipinski definition) is 1. The number of hydrogen-bond acceptors (Lipinski definition) is 5. The maximum Gasteiger partial charge on any atom is 0.323 e. The van der Waals surface area contributed by atoms with E-state index >= 15 is 0 Å². The summed E-state index contributed by atoms with van der Waals surface area (Å²) in [5, 5.41) is 3.11. The average Bonchev–Trinajstić information content (AvgIpc) is 3.34. The largest absolute Gasteiger partial charge is 0.464 e. The first-order valence-electron chi connectivity index (χ1n) is 9.00. The van der Waals surface area contributed by atoms with Gasteiger partial charge in [-0.2, -0.15) is 0 Å². The van der Waals surface area contributed by atoms with Crippen LogP contribution in [0.1, 0.15) is 29.6 Å². The van der Waals surface area contributed by atoms with Gasteiger partial charge in [0.15, 0.2) is 0 Å². The highest BCUT2D eigenvalue weighted by Gasteiger charge is 2.34. The monoisotopic (exact) mass is 354 g/mol. The molecule has 2 saturated heterocycles. The Bertz CT molecular complexity index is 765. The van der Waals surface area contributed by atoms with Gasteiger partial charge in [-0.25, -0.2) is 4.98 Å². The standard InChI is InChI=1S/C19H22N4O3/c24-18(14-1-3-16(4-2-14)23-11-8-20-13-23)21-15-5-9-22(10-6-15)17-7-12-26-19(17)25/h1-4,8,11,13,15,17H,5-7,9-10,12H2,(H,21,24). The van der Waals surface area contributed by atoms with E-state index in [1.54, 1.807) is 12.5 Å². The van der Waals surface area contributed by atoms with E-state index in [0.717, 1.165) is 38.0 Å². The average molecular weight is 354 g/mol. The summed E-state index contributed by atoms with van der Waals surface area (Å²) in [7, 11) is 0. The molecule has 0 spiro atoms. The number of aromatic nitrogens is 2. The van der Waals surface area contributed by atoms with E-state index in [2.05, 4.69) is 15.2 Å². The minimum Gasteiger partial charge on any atom is -0.464 e. The zero-order valence-electron chi connectivity index (χ0n) is 14.5. The van der Waals surface area contributed by atoms with Gasteiger partial charge in [0.1, 0.15) is 6.04 Å². The summed E-state index contributed by atoms with van der Waals surface area (Å²) in [5.41, 5.74) is 1.62. The Balaban J connectivity index is 1.30. The van der Waals surface area contributed by atoms with Crippen molar-refractivity contribution < 1.29 is 14.3 Å². The lowest BCUT2D eigenvalue weighted by Crippen LogP contribution is -2.49. The summed E-state index contributed by atoms with van der Waals surface area (Å²) >= 11 is 0. The molecule has 0 radical (unpaired) electrons. The topological polar surface area (TPSA) is 76.5 Å². The van der Waals surface area contributed by atoms with Gasteiger partial charge in [0.2, 0.25) is 0 Å². The van der Waals surface area contributed by atoms with Crippen LogP contribution in [0.4, 0.5) is 0 Å². The van der Waals surface area contributed by atoms with E-state index in [0.29, 0.717) is 12.2 Å². The molecule has 1 unspecified atom stereocenters. The normalized spacial score (nSPS) is 21.5. The van der Waals surface area contributed by atoms with E-state index < -0.39 is 0 Å². The number of benzene rings is 1. The molecule has 1 aromatic heterocycles. The molecular weight excluding hydrogens is 332 g/mol. The van der Waals surface area contributed by atoms with Crippen molar-refractivity contribution in [1.82, 2.24) is 19.8 Å². The SMILES string of the molecule is O=C(NC1CCN(C2CCOC2=O)CC1)c1ccc(-n2ccnc2)cc1. The van der Waals surface area contributed by atoms with Gasteiger partial charge in [0.25, 0.3) is 5.91 Å². The second kappa shape index (κ2) is 7.29. The third-order valence-corrected chi connectivity index (χ3v) is 5.15. The molecule has 0 aliphatic carbocycles. The van der Waals surface area contributed by atoms with Crippen LogP contribution < -0.4 is 5.32 Å². The predicted molar refractivity (Wildman–Crippen MR) is 95.0 cm³/mol. The van der Waals surface area contributed by atoms with Crippen LogP contribution in [-0.2, 0) is 9.53 Å². The highest BCUT2D eigenvalue weighted by Crippen LogP contribution is 2.20. The fourth-order valence-electron chi connectivity index (χ4n) is 3.64. The molecule has 26 heavy (non-hydrogen) atoms. The number of cyclic esters (lactones) is 1. The van der Waals surface area contributed by atoms with E-state index in [1.165, 1.54) is 0 Å². The number of rotatable bonds is 4. The van der Waals surface area contributed by atoms with Gasteiger partial charge in [-0.1, -0.05) is 0 Å². The minimum atomic E-state index is -0.106. The summed E-state index contributed by atoms with van der Waals surface area (Å²) in [6.07, 6.45) is 7.79. The molecule has 2 aromatic rings. The highest BCUT2D eigenvalue weighted by molar-refractivity contribution is 5.94. The van der Waals surface area contributed by atoms with Crippen molar-refractivity contribution in [3.05, 3.63) is 48.5 Å². The van der Waals surface area contributed by atoms with Crippen molar-refractivity contribution >= 4 is 11.9 Å². The molecule has 1 atom stereocenters. The first kappa shape index (κ1) is 16.8. The molecule has 3 heterocycles. The predicted octanol–water partition coefficient (Wildman–Crippen LogP) is 1.38. The van der Waals surface area contributed by atoms with E-state index in [1.807, 2.05) is 35.0 Å². The van der Waals surface area contributed by atoms with Crippen LogP contribution in [0.2, 0.25) is 0 Å². The quantitative estimate of drug-likeness (QED) is 0.840. The third kappa shape index (κ3) is 3.48. The number of amides is 1. The summed E-state index contributed by atoms with van der Waals surface area (Å²) in [6.45, 7) is 2.14. The smallest absolute Gasteiger partial charge is 0.323 e. The van der Waals surface area contributed by atoms with Gasteiger partial charge in [0.05, 0.1) is 12.9 Å². The fourth-order valence-corrected chi connectivity index (χ4v) is 3.64. The number of carbonyl (C=O) groups is 2. The van der Waals surface area contributed by atoms with Crippen LogP contribution in [0.15, 0.2) is 43.0 Å². The van der Waals surface area contributed by atoms with Crippen LogP contribution >= 0.6 is 0 Å². The molecule has 1 N–H and O–H groups in total. The van der Waals surface area contributed by atoms with Crippen molar-refractivity contribution in [2.24, 2.45) is 0 Å². The van der Waals surface area contributed by atoms with Gasteiger partial charge in [-0.05, 0) is 37.1 Å². The van der Waals surface area contributed by atoms with Crippen LogP contribution in [0.5, 0.6) is 0 Å². The van der Waals surface area contributed by atoms with Crippen molar-refractivity contribution in [3.63, 3.8) is 0 Å². The molecule has 0 saturated carbocycles. The van der Waals surface area contributed by atoms with Crippen molar-refractivity contribution in [1.29, 1.82) is 0 Å². The molecule has 4 rings (SSSR count). The summed E-state index contributed by atoms with van der Waals surface area (Å²) in [4.78, 5) is 30.4. The maximum absolute atomic E-state index is 12.5. The molecule has 2 fully saturated rings. The second-order valence-electron chi connectivity index (χ2n) is 6.77. The number of piperidine rings is 1. The Morgan fingerprint density at radius 3 is 2.54 bits per heavy atom. The summed E-state index contributed by atoms with van der Waals surface area (Å²) in [5.74, 6) is -0.161. The zero-order chi connectivity index (χ0) is 17.9. The minimum absolute atomic E-state index is 0.0547. The summed E-state index contributed by atoms with van der Waals surface area (Å²) < 4.78 is 6.94. The van der Waals surface area contributed by atoms with Crippen LogP contribution in [0, 0.1) is 0 Å². The Labute approximate surface area is 152 Å². The molecule has 0 bridgehead atoms. The number of ether oxygens (including phenoxy) is 1. The third-order valence-electron chi connectivity index (χ3n) is 5.15. The van der Waals surface area contributed by atoms with E-state index in [9.17, 15) is 9.59 Å². The molecule has 7 heteroatoms. The van der Waals surface area contributed by atoms with Gasteiger partial charge in [0, 0.05) is 49.2 Å². The molecule has 1 amide bonds. The number of imidazole rings is 1. The van der Waals surface area contributed by atoms with Gasteiger partial charge >= 0.3 is 5.97 Å². The lowest BCUT2D eigenvalue weighted by atomic mass is 10.0. The Morgan fingerprint density at radius 2 is 1.92 bits per heavy atom. The van der Waals surface area contributed by atoms with E-state index in [4.69, 9.17) is 4.74 Å².